The topological polar surface area (TPSA) is 63.3 Å². The Morgan fingerprint density at radius 2 is 1.21 bits per heavy atom. The molecule has 3 nitrogen and oxygen atoms in total. The molecule has 0 amide bonds. The van der Waals surface area contributed by atoms with Crippen LogP contribution in [0.5, 0.6) is 0 Å². The number of rotatable bonds is 3. The molecule has 5 heteroatoms. The summed E-state index contributed by atoms with van der Waals surface area (Å²) in [6.07, 6.45) is 0. The summed E-state index contributed by atoms with van der Waals surface area (Å²) in [5.74, 6) is -0.931. The number of carboxylic acids is 1. The first-order chi connectivity index (χ1) is 11.6. The molecule has 0 aliphatic heterocycles. The number of halogens is 1. The van der Waals surface area contributed by atoms with E-state index >= 15 is 0 Å². The number of nitrogens with two attached hydrogens (primary N) is 1. The molecule has 0 fully saturated rings. The summed E-state index contributed by atoms with van der Waals surface area (Å²) in [6, 6.07) is 26.9. The molecule has 3 N–H and O–H groups in total. The zero-order valence-electron chi connectivity index (χ0n) is 12.9. The van der Waals surface area contributed by atoms with Gasteiger partial charge in [-0.3, -0.25) is 0 Å². The van der Waals surface area contributed by atoms with Crippen LogP contribution in [-0.2, 0) is 0 Å². The Balaban J connectivity index is 0.000000185. The second-order valence-electron chi connectivity index (χ2n) is 4.97. The van der Waals surface area contributed by atoms with Gasteiger partial charge < -0.3 is 10.8 Å². The molecule has 3 aromatic rings. The van der Waals surface area contributed by atoms with Gasteiger partial charge in [-0.25, -0.2) is 4.79 Å². The Hall–Kier alpha value is -1.98. The van der Waals surface area contributed by atoms with Gasteiger partial charge in [-0.15, -0.1) is 0 Å². The van der Waals surface area contributed by atoms with Gasteiger partial charge >= 0.3 is 101 Å². The quantitative estimate of drug-likeness (QED) is 0.481. The van der Waals surface area contributed by atoms with E-state index in [4.69, 9.17) is 19.8 Å². The number of anilines is 1. The predicted octanol–water partition coefficient (Wildman–Crippen LogP) is 3.00. The van der Waals surface area contributed by atoms with Crippen LogP contribution < -0.4 is 12.9 Å². The Morgan fingerprint density at radius 3 is 1.58 bits per heavy atom. The molecule has 3 aromatic carbocycles. The van der Waals surface area contributed by atoms with Crippen molar-refractivity contribution >= 4 is 46.4 Å². The summed E-state index contributed by atoms with van der Waals surface area (Å²) in [4.78, 5) is 10.3. The standard InChI is InChI=1S/C7H7NO2.2C6H5.ClH.Sn/c8-6-3-1-5(2-4-6)7(9)10;2*1-2-4-6-5-3-1;;/h1-4H,8H2,(H,9,10);2*1-5H;1H;/q;;;;+1/p-1. The molecule has 0 spiro atoms. The fourth-order valence-electron chi connectivity index (χ4n) is 1.96. The Morgan fingerprint density at radius 1 is 0.792 bits per heavy atom. The summed E-state index contributed by atoms with van der Waals surface area (Å²) < 4.78 is 2.67. The van der Waals surface area contributed by atoms with E-state index in [0.29, 0.717) is 5.69 Å². The van der Waals surface area contributed by atoms with E-state index in [2.05, 4.69) is 48.5 Å². The molecular weight excluding hydrogens is 428 g/mol. The molecule has 1 radical (unpaired) electrons. The van der Waals surface area contributed by atoms with Gasteiger partial charge in [-0.2, -0.15) is 0 Å². The second kappa shape index (κ2) is 9.35. The average molecular weight is 446 g/mol. The van der Waals surface area contributed by atoms with Crippen LogP contribution in [0.15, 0.2) is 84.9 Å². The molecule has 0 heterocycles. The SMILES string of the molecule is Nc1ccc(C(=O)O)cc1.[Cl][Sn]([c]1ccccc1)[c]1ccccc1. The van der Waals surface area contributed by atoms with Gasteiger partial charge in [0, 0.05) is 5.69 Å². The molecule has 24 heavy (non-hydrogen) atoms. The molecule has 0 atom stereocenters. The number of nitrogen functional groups attached to an aromatic ring is 1. The summed E-state index contributed by atoms with van der Waals surface area (Å²) >= 11 is -2.03. The molecule has 0 aromatic heterocycles. The van der Waals surface area contributed by atoms with Crippen LogP contribution in [0.1, 0.15) is 10.4 Å². The molecule has 0 saturated heterocycles. The minimum atomic E-state index is -2.03. The molecule has 0 unspecified atom stereocenters. The molecule has 0 aliphatic carbocycles. The van der Waals surface area contributed by atoms with Gasteiger partial charge in [-0.1, -0.05) is 0 Å². The fraction of sp³-hybridized carbons (Fsp3) is 0. The van der Waals surface area contributed by atoms with Crippen LogP contribution in [0.2, 0.25) is 0 Å². The van der Waals surface area contributed by atoms with Crippen LogP contribution in [0.4, 0.5) is 5.69 Å². The maximum atomic E-state index is 10.3. The van der Waals surface area contributed by atoms with Crippen LogP contribution in [-0.4, -0.2) is 29.7 Å². The normalized spacial score (nSPS) is 9.92. The third kappa shape index (κ3) is 5.58. The van der Waals surface area contributed by atoms with Crippen LogP contribution in [0, 0.1) is 0 Å². The first-order valence-corrected chi connectivity index (χ1v) is 13.8. The second-order valence-corrected chi connectivity index (χ2v) is 12.6. The van der Waals surface area contributed by atoms with E-state index in [1.165, 1.54) is 19.3 Å². The van der Waals surface area contributed by atoms with Crippen molar-refractivity contribution in [1.29, 1.82) is 0 Å². The van der Waals surface area contributed by atoms with Crippen molar-refractivity contribution in [3.05, 3.63) is 90.5 Å². The van der Waals surface area contributed by atoms with Gasteiger partial charge in [-0.05, 0) is 24.3 Å². The monoisotopic (exact) mass is 446 g/mol. The Kier molecular flexibility index (Phi) is 7.15. The Labute approximate surface area is 152 Å². The number of carboxylic acid groups (broad SMARTS) is 1. The van der Waals surface area contributed by atoms with Gasteiger partial charge in [0.15, 0.2) is 0 Å². The van der Waals surface area contributed by atoms with E-state index in [0.717, 1.165) is 0 Å². The third-order valence-corrected chi connectivity index (χ3v) is 10.9. The van der Waals surface area contributed by atoms with Crippen LogP contribution >= 0.6 is 8.92 Å². The van der Waals surface area contributed by atoms with Crippen molar-refractivity contribution in [2.24, 2.45) is 0 Å². The van der Waals surface area contributed by atoms with E-state index in [1.54, 1.807) is 12.1 Å². The van der Waals surface area contributed by atoms with Crippen molar-refractivity contribution in [2.75, 3.05) is 5.73 Å². The predicted molar refractivity (Wildman–Crippen MR) is 102 cm³/mol. The van der Waals surface area contributed by atoms with Crippen molar-refractivity contribution < 1.29 is 9.90 Å². The van der Waals surface area contributed by atoms with Gasteiger partial charge in [0.1, 0.15) is 0 Å². The van der Waals surface area contributed by atoms with Crippen LogP contribution in [0.25, 0.3) is 0 Å². The van der Waals surface area contributed by atoms with Gasteiger partial charge in [0.2, 0.25) is 0 Å². The summed E-state index contributed by atoms with van der Waals surface area (Å²) in [6.45, 7) is 0. The summed E-state index contributed by atoms with van der Waals surface area (Å²) in [5.41, 5.74) is 6.17. The molecule has 121 valence electrons. The van der Waals surface area contributed by atoms with E-state index < -0.39 is 24.6 Å². The van der Waals surface area contributed by atoms with E-state index in [1.807, 2.05) is 12.1 Å². The number of aromatic carboxylic acids is 1. The van der Waals surface area contributed by atoms with Gasteiger partial charge in [0.05, 0.1) is 5.56 Å². The zero-order valence-corrected chi connectivity index (χ0v) is 16.5. The van der Waals surface area contributed by atoms with Crippen molar-refractivity contribution in [1.82, 2.24) is 0 Å². The number of hydrogen-bond acceptors (Lipinski definition) is 2. The van der Waals surface area contributed by atoms with Crippen LogP contribution in [0.3, 0.4) is 0 Å². The summed E-state index contributed by atoms with van der Waals surface area (Å²) in [5, 5.41) is 8.43. The first-order valence-electron chi connectivity index (χ1n) is 7.30. The number of carbonyl (C=O) groups is 1. The summed E-state index contributed by atoms with van der Waals surface area (Å²) in [7, 11) is 6.53. The molecule has 0 bridgehead atoms. The Bertz CT molecular complexity index is 725. The fourth-order valence-corrected chi connectivity index (χ4v) is 7.37. The number of benzene rings is 3. The number of hydrogen-bond donors (Lipinski definition) is 2. The van der Waals surface area contributed by atoms with Crippen molar-refractivity contribution in [3.8, 4) is 0 Å². The third-order valence-electron chi connectivity index (χ3n) is 3.21. The first kappa shape index (κ1) is 18.4. The van der Waals surface area contributed by atoms with Gasteiger partial charge in [0.25, 0.3) is 0 Å². The van der Waals surface area contributed by atoms with E-state index in [9.17, 15) is 4.79 Å². The molecular formula is C19H17ClNO2Sn. The molecule has 0 aliphatic rings. The van der Waals surface area contributed by atoms with Crippen molar-refractivity contribution in [3.63, 3.8) is 0 Å². The van der Waals surface area contributed by atoms with E-state index in [-0.39, 0.29) is 5.56 Å². The average Bonchev–Trinajstić information content (AvgIpc) is 2.63. The molecule has 0 saturated carbocycles. The maximum absolute atomic E-state index is 10.3. The van der Waals surface area contributed by atoms with Crippen molar-refractivity contribution in [2.45, 2.75) is 0 Å². The minimum absolute atomic E-state index is 0.259. The molecule has 3 rings (SSSR count). The zero-order chi connectivity index (χ0) is 17.4.